The smallest absolute Gasteiger partial charge is 0.340 e. The van der Waals surface area contributed by atoms with Gasteiger partial charge in [-0.1, -0.05) is 12.1 Å². The van der Waals surface area contributed by atoms with Crippen LogP contribution in [0, 0.1) is 16.0 Å². The number of aromatic nitrogens is 2. The average Bonchev–Trinajstić information content (AvgIpc) is 3.07. The summed E-state index contributed by atoms with van der Waals surface area (Å²) in [4.78, 5) is 31.9. The molecule has 1 aromatic heterocycles. The summed E-state index contributed by atoms with van der Waals surface area (Å²) < 4.78 is 38.8. The third-order valence-electron chi connectivity index (χ3n) is 5.29. The summed E-state index contributed by atoms with van der Waals surface area (Å²) in [6, 6.07) is 3.76. The number of alkyl halides is 3. The van der Waals surface area contributed by atoms with Crippen LogP contribution in [0.2, 0.25) is 0 Å². The Balaban J connectivity index is 1.54. The van der Waals surface area contributed by atoms with Gasteiger partial charge in [0.25, 0.3) is 0 Å². The quantitative estimate of drug-likeness (QED) is 0.635. The normalized spacial score (nSPS) is 24.4. The highest BCUT2D eigenvalue weighted by Crippen LogP contribution is 2.40. The Morgan fingerprint density at radius 1 is 1.36 bits per heavy atom. The van der Waals surface area contributed by atoms with Crippen LogP contribution in [0.25, 0.3) is 11.3 Å². The van der Waals surface area contributed by atoms with Crippen LogP contribution in [0.4, 0.5) is 13.2 Å². The van der Waals surface area contributed by atoms with Crippen LogP contribution in [0.15, 0.2) is 30.5 Å². The zero-order valence-electron chi connectivity index (χ0n) is 14.6. The minimum atomic E-state index is -4.44. The van der Waals surface area contributed by atoms with Gasteiger partial charge in [0.1, 0.15) is 11.7 Å². The van der Waals surface area contributed by atoms with Crippen molar-refractivity contribution in [2.45, 2.75) is 37.5 Å². The molecule has 1 aliphatic heterocycles. The first-order valence-corrected chi connectivity index (χ1v) is 8.92. The highest BCUT2D eigenvalue weighted by molar-refractivity contribution is 5.82. The van der Waals surface area contributed by atoms with Crippen molar-refractivity contribution in [3.05, 3.63) is 52.0 Å². The molecular formula is C18H17F3N4O3. The lowest BCUT2D eigenvalue weighted by molar-refractivity contribution is -0.497. The summed E-state index contributed by atoms with van der Waals surface area (Å²) in [5, 5.41) is 10.8. The van der Waals surface area contributed by atoms with Crippen molar-refractivity contribution in [2.24, 2.45) is 5.92 Å². The van der Waals surface area contributed by atoms with Gasteiger partial charge in [-0.15, -0.1) is 0 Å². The molecule has 1 saturated carbocycles. The number of amides is 1. The molecule has 4 rings (SSSR count). The van der Waals surface area contributed by atoms with Crippen molar-refractivity contribution in [3.8, 4) is 11.3 Å². The summed E-state index contributed by atoms with van der Waals surface area (Å²) >= 11 is 0. The Kier molecular flexibility index (Phi) is 4.35. The zero-order valence-corrected chi connectivity index (χ0v) is 14.6. The number of nitro groups is 1. The Labute approximate surface area is 157 Å². The van der Waals surface area contributed by atoms with E-state index < -0.39 is 28.6 Å². The molecule has 1 saturated heterocycles. The summed E-state index contributed by atoms with van der Waals surface area (Å²) in [6.07, 6.45) is -1.35. The Morgan fingerprint density at radius 3 is 2.82 bits per heavy atom. The number of aromatic amines is 1. The summed E-state index contributed by atoms with van der Waals surface area (Å²) in [5.41, 5.74) is 0.0217. The van der Waals surface area contributed by atoms with E-state index in [0.717, 1.165) is 18.6 Å². The predicted molar refractivity (Wildman–Crippen MR) is 91.6 cm³/mol. The number of hydrogen-bond acceptors (Lipinski definition) is 4. The largest absolute Gasteiger partial charge is 0.416 e. The number of nitrogens with one attached hydrogen (secondary N) is 1. The van der Waals surface area contributed by atoms with Gasteiger partial charge in [0.15, 0.2) is 0 Å². The number of nitrogens with zero attached hydrogens (tertiary/aromatic N) is 3. The fourth-order valence-corrected chi connectivity index (χ4v) is 3.72. The highest BCUT2D eigenvalue weighted by atomic mass is 19.4. The highest BCUT2D eigenvalue weighted by Gasteiger charge is 2.55. The van der Waals surface area contributed by atoms with Crippen LogP contribution < -0.4 is 0 Å². The van der Waals surface area contributed by atoms with Crippen LogP contribution in [0.5, 0.6) is 0 Å². The van der Waals surface area contributed by atoms with Crippen LogP contribution in [0.3, 0.4) is 0 Å². The first-order valence-electron chi connectivity index (χ1n) is 8.92. The third-order valence-corrected chi connectivity index (χ3v) is 5.29. The van der Waals surface area contributed by atoms with Crippen molar-refractivity contribution in [1.82, 2.24) is 14.9 Å². The average molecular weight is 394 g/mol. The second-order valence-electron chi connectivity index (χ2n) is 7.15. The molecule has 28 heavy (non-hydrogen) atoms. The lowest BCUT2D eigenvalue weighted by Gasteiger charge is -2.22. The second-order valence-corrected chi connectivity index (χ2v) is 7.15. The minimum absolute atomic E-state index is 0.249. The molecule has 148 valence electrons. The molecular weight excluding hydrogens is 377 g/mol. The number of imidazole rings is 1. The molecule has 2 fully saturated rings. The van der Waals surface area contributed by atoms with Gasteiger partial charge in [0.05, 0.1) is 23.5 Å². The summed E-state index contributed by atoms with van der Waals surface area (Å²) in [5.74, 6) is -0.355. The van der Waals surface area contributed by atoms with E-state index in [1.54, 1.807) is 11.0 Å². The van der Waals surface area contributed by atoms with E-state index in [4.69, 9.17) is 0 Å². The van der Waals surface area contributed by atoms with Gasteiger partial charge < -0.3 is 9.88 Å². The molecule has 2 aromatic rings. The van der Waals surface area contributed by atoms with Gasteiger partial charge in [0, 0.05) is 23.5 Å². The summed E-state index contributed by atoms with van der Waals surface area (Å²) in [6.45, 7) is 0.490. The lowest BCUT2D eigenvalue weighted by Crippen LogP contribution is -2.33. The van der Waals surface area contributed by atoms with Crippen molar-refractivity contribution in [1.29, 1.82) is 0 Å². The number of H-pyrrole nitrogens is 1. The van der Waals surface area contributed by atoms with Gasteiger partial charge in [-0.3, -0.25) is 14.9 Å². The summed E-state index contributed by atoms with van der Waals surface area (Å²) in [7, 11) is 0. The van der Waals surface area contributed by atoms with Crippen molar-refractivity contribution in [3.63, 3.8) is 0 Å². The van der Waals surface area contributed by atoms with Gasteiger partial charge >= 0.3 is 6.18 Å². The van der Waals surface area contributed by atoms with Crippen LogP contribution in [0.1, 0.15) is 36.7 Å². The molecule has 1 N–H and O–H groups in total. The van der Waals surface area contributed by atoms with E-state index in [1.807, 2.05) is 0 Å². The van der Waals surface area contributed by atoms with E-state index in [0.29, 0.717) is 30.0 Å². The Bertz CT molecular complexity index is 927. The Hall–Kier alpha value is -2.91. The molecule has 0 radical (unpaired) electrons. The van der Waals surface area contributed by atoms with Crippen molar-refractivity contribution >= 4 is 5.91 Å². The number of carbonyl (C=O) groups is 1. The number of hydrogen-bond donors (Lipinski definition) is 1. The number of rotatable bonds is 4. The monoisotopic (exact) mass is 394 g/mol. The molecule has 2 heterocycles. The maximum atomic E-state index is 12.9. The zero-order chi connectivity index (χ0) is 20.1. The standard InChI is InChI=1S/C18H17F3N4O3/c19-18(20,21)11-4-1-3-10(7-11)13-9-22-16(23-13)14-5-2-6-24(14)17(26)12-8-15(12)25(27)28/h1,3-4,7,9,12,14-15H,2,5-6,8H2,(H,22,23)/t12-,14-,15-/m1/s1. The number of halogens is 3. The lowest BCUT2D eigenvalue weighted by atomic mass is 10.1. The topological polar surface area (TPSA) is 92.1 Å². The maximum Gasteiger partial charge on any atom is 0.416 e. The molecule has 1 amide bonds. The van der Waals surface area contributed by atoms with Crippen LogP contribution >= 0.6 is 0 Å². The number of benzene rings is 1. The van der Waals surface area contributed by atoms with E-state index in [-0.39, 0.29) is 18.4 Å². The fraction of sp³-hybridized carbons (Fsp3) is 0.444. The van der Waals surface area contributed by atoms with E-state index >= 15 is 0 Å². The van der Waals surface area contributed by atoms with Gasteiger partial charge in [0.2, 0.25) is 11.9 Å². The first-order chi connectivity index (χ1) is 13.3. The molecule has 3 atom stereocenters. The minimum Gasteiger partial charge on any atom is -0.340 e. The van der Waals surface area contributed by atoms with E-state index in [1.165, 1.54) is 12.3 Å². The molecule has 1 aliphatic carbocycles. The van der Waals surface area contributed by atoms with E-state index in [2.05, 4.69) is 9.97 Å². The van der Waals surface area contributed by atoms with E-state index in [9.17, 15) is 28.1 Å². The van der Waals surface area contributed by atoms with Gasteiger partial charge in [-0.2, -0.15) is 13.2 Å². The molecule has 7 nitrogen and oxygen atoms in total. The SMILES string of the molecule is O=C([C@@H]1C[C@H]1[N+](=O)[O-])N1CCC[C@@H]1c1ncc(-c2cccc(C(F)(F)F)c2)[nH]1. The van der Waals surface area contributed by atoms with Crippen molar-refractivity contribution < 1.29 is 22.9 Å². The van der Waals surface area contributed by atoms with Gasteiger partial charge in [-0.25, -0.2) is 4.98 Å². The van der Waals surface area contributed by atoms with Crippen LogP contribution in [-0.2, 0) is 11.0 Å². The second kappa shape index (κ2) is 6.61. The number of carbonyl (C=O) groups excluding carboxylic acids is 1. The molecule has 10 heteroatoms. The number of likely N-dealkylation sites (tertiary alicyclic amines) is 1. The molecule has 0 bridgehead atoms. The van der Waals surface area contributed by atoms with Gasteiger partial charge in [-0.05, 0) is 25.0 Å². The first kappa shape index (κ1) is 18.5. The molecule has 1 aromatic carbocycles. The maximum absolute atomic E-state index is 12.9. The molecule has 2 aliphatic rings. The van der Waals surface area contributed by atoms with Crippen molar-refractivity contribution in [2.75, 3.05) is 6.54 Å². The third kappa shape index (κ3) is 3.34. The van der Waals surface area contributed by atoms with Crippen LogP contribution in [-0.4, -0.2) is 38.3 Å². The molecule has 0 unspecified atom stereocenters. The molecule has 0 spiro atoms. The fourth-order valence-electron chi connectivity index (χ4n) is 3.72. The predicted octanol–water partition coefficient (Wildman–Crippen LogP) is 3.42. The Morgan fingerprint density at radius 2 is 2.14 bits per heavy atom.